The van der Waals surface area contributed by atoms with E-state index in [1.165, 1.54) is 0 Å². The van der Waals surface area contributed by atoms with Crippen LogP contribution < -0.4 is 10.1 Å². The highest BCUT2D eigenvalue weighted by Gasteiger charge is 2.29. The van der Waals surface area contributed by atoms with Gasteiger partial charge in [0.05, 0.1) is 0 Å². The molecule has 1 aromatic carbocycles. The normalized spacial score (nSPS) is 11.3. The Bertz CT molecular complexity index is 477. The summed E-state index contributed by atoms with van der Waals surface area (Å²) < 4.78 is 79.7. The Morgan fingerprint density at radius 1 is 1.30 bits per heavy atom. The summed E-state index contributed by atoms with van der Waals surface area (Å²) in [6, 6.07) is 2.32. The van der Waals surface area contributed by atoms with Crippen molar-refractivity contribution in [3.05, 3.63) is 24.0 Å². The molecule has 0 atom stereocenters. The minimum absolute atomic E-state index is 0.281. The lowest BCUT2D eigenvalue weighted by Crippen LogP contribution is -2.23. The van der Waals surface area contributed by atoms with Crippen LogP contribution in [0.4, 0.5) is 36.8 Å². The molecule has 0 aliphatic carbocycles. The SMILES string of the molecule is O=C(Nc1ccc(OC(F)F)c(F)c1)OCC(F)(F)F. The summed E-state index contributed by atoms with van der Waals surface area (Å²) in [6.07, 6.45) is -6.17. The predicted octanol–water partition coefficient (Wildman–Crippen LogP) is 3.54. The summed E-state index contributed by atoms with van der Waals surface area (Å²) in [4.78, 5) is 10.9. The Labute approximate surface area is 108 Å². The quantitative estimate of drug-likeness (QED) is 0.866. The van der Waals surface area contributed by atoms with E-state index in [4.69, 9.17) is 0 Å². The third-order valence-electron chi connectivity index (χ3n) is 1.76. The van der Waals surface area contributed by atoms with Gasteiger partial charge in [0.2, 0.25) is 0 Å². The van der Waals surface area contributed by atoms with Crippen molar-refractivity contribution in [1.82, 2.24) is 0 Å². The zero-order valence-corrected chi connectivity index (χ0v) is 9.51. The van der Waals surface area contributed by atoms with Gasteiger partial charge in [-0.2, -0.15) is 22.0 Å². The highest BCUT2D eigenvalue weighted by atomic mass is 19.4. The Morgan fingerprint density at radius 2 is 1.95 bits per heavy atom. The van der Waals surface area contributed by atoms with E-state index in [2.05, 4.69) is 9.47 Å². The van der Waals surface area contributed by atoms with Gasteiger partial charge in [0.1, 0.15) is 0 Å². The third-order valence-corrected chi connectivity index (χ3v) is 1.76. The first-order chi connectivity index (χ1) is 9.17. The maximum Gasteiger partial charge on any atom is 0.422 e. The molecular weight excluding hydrogens is 296 g/mol. The van der Waals surface area contributed by atoms with Crippen LogP contribution in [0.2, 0.25) is 0 Å². The summed E-state index contributed by atoms with van der Waals surface area (Å²) in [7, 11) is 0. The standard InChI is InChI=1S/C10H7F6NO3/c11-6-3-5(1-2-7(6)20-8(12)13)17-9(18)19-4-10(14,15)16/h1-3,8H,4H2,(H,17,18). The maximum atomic E-state index is 13.2. The average Bonchev–Trinajstić information content (AvgIpc) is 2.29. The van der Waals surface area contributed by atoms with E-state index in [0.29, 0.717) is 6.07 Å². The molecule has 0 radical (unpaired) electrons. The zero-order valence-electron chi connectivity index (χ0n) is 9.51. The van der Waals surface area contributed by atoms with Crippen LogP contribution >= 0.6 is 0 Å². The van der Waals surface area contributed by atoms with Gasteiger partial charge < -0.3 is 9.47 Å². The second kappa shape index (κ2) is 6.35. The fourth-order valence-corrected chi connectivity index (χ4v) is 1.07. The minimum Gasteiger partial charge on any atom is -0.440 e. The first-order valence-electron chi connectivity index (χ1n) is 4.92. The average molecular weight is 303 g/mol. The first-order valence-corrected chi connectivity index (χ1v) is 4.92. The molecule has 0 heterocycles. The molecule has 0 fully saturated rings. The monoisotopic (exact) mass is 303 g/mol. The molecule has 112 valence electrons. The Kier molecular flexibility index (Phi) is 5.06. The molecule has 1 N–H and O–H groups in total. The third kappa shape index (κ3) is 5.67. The van der Waals surface area contributed by atoms with Gasteiger partial charge in [0.25, 0.3) is 0 Å². The topological polar surface area (TPSA) is 47.6 Å². The highest BCUT2D eigenvalue weighted by Crippen LogP contribution is 2.23. The number of amides is 1. The van der Waals surface area contributed by atoms with Crippen molar-refractivity contribution < 1.29 is 40.6 Å². The molecule has 0 saturated carbocycles. The molecule has 0 spiro atoms. The largest absolute Gasteiger partial charge is 0.440 e. The highest BCUT2D eigenvalue weighted by molar-refractivity contribution is 5.84. The van der Waals surface area contributed by atoms with E-state index in [0.717, 1.165) is 12.1 Å². The van der Waals surface area contributed by atoms with Crippen LogP contribution in [0.15, 0.2) is 18.2 Å². The van der Waals surface area contributed by atoms with Crippen LogP contribution in [-0.4, -0.2) is 25.5 Å². The Hall–Kier alpha value is -2.13. The summed E-state index contributed by atoms with van der Waals surface area (Å²) in [5.41, 5.74) is -0.281. The molecule has 0 aromatic heterocycles. The molecule has 10 heteroatoms. The van der Waals surface area contributed by atoms with Gasteiger partial charge in [0.15, 0.2) is 18.2 Å². The number of hydrogen-bond acceptors (Lipinski definition) is 3. The molecule has 0 bridgehead atoms. The van der Waals surface area contributed by atoms with Crippen molar-refractivity contribution >= 4 is 11.8 Å². The number of alkyl halides is 5. The molecule has 0 saturated heterocycles. The smallest absolute Gasteiger partial charge is 0.422 e. The fraction of sp³-hybridized carbons (Fsp3) is 0.300. The van der Waals surface area contributed by atoms with Gasteiger partial charge in [-0.15, -0.1) is 0 Å². The summed E-state index contributed by atoms with van der Waals surface area (Å²) >= 11 is 0. The van der Waals surface area contributed by atoms with Gasteiger partial charge in [0, 0.05) is 11.8 Å². The first kappa shape index (κ1) is 15.9. The zero-order chi connectivity index (χ0) is 15.3. The Balaban J connectivity index is 2.60. The van der Waals surface area contributed by atoms with Crippen LogP contribution in [0.1, 0.15) is 0 Å². The van der Waals surface area contributed by atoms with Crippen LogP contribution in [0.5, 0.6) is 5.75 Å². The lowest BCUT2D eigenvalue weighted by Gasteiger charge is -2.10. The van der Waals surface area contributed by atoms with Gasteiger partial charge in [-0.1, -0.05) is 0 Å². The number of hydrogen-bond donors (Lipinski definition) is 1. The number of halogens is 6. The molecular formula is C10H7F6NO3. The van der Waals surface area contributed by atoms with Crippen LogP contribution in [0.3, 0.4) is 0 Å². The van der Waals surface area contributed by atoms with Crippen molar-refractivity contribution in [3.63, 3.8) is 0 Å². The van der Waals surface area contributed by atoms with E-state index in [1.54, 1.807) is 5.32 Å². The number of carbonyl (C=O) groups is 1. The van der Waals surface area contributed by atoms with Crippen molar-refractivity contribution in [2.75, 3.05) is 11.9 Å². The molecule has 1 amide bonds. The van der Waals surface area contributed by atoms with Crippen LogP contribution in [-0.2, 0) is 4.74 Å². The lowest BCUT2D eigenvalue weighted by molar-refractivity contribution is -0.159. The van der Waals surface area contributed by atoms with E-state index >= 15 is 0 Å². The molecule has 0 unspecified atom stereocenters. The van der Waals surface area contributed by atoms with Gasteiger partial charge >= 0.3 is 18.9 Å². The van der Waals surface area contributed by atoms with Crippen molar-refractivity contribution in [2.24, 2.45) is 0 Å². The minimum atomic E-state index is -4.70. The predicted molar refractivity (Wildman–Crippen MR) is 54.1 cm³/mol. The molecule has 20 heavy (non-hydrogen) atoms. The van der Waals surface area contributed by atoms with Gasteiger partial charge in [-0.3, -0.25) is 5.32 Å². The van der Waals surface area contributed by atoms with Crippen LogP contribution in [0, 0.1) is 5.82 Å². The van der Waals surface area contributed by atoms with E-state index < -0.39 is 37.1 Å². The number of benzene rings is 1. The van der Waals surface area contributed by atoms with E-state index in [-0.39, 0.29) is 5.69 Å². The number of carbonyl (C=O) groups excluding carboxylic acids is 1. The fourth-order valence-electron chi connectivity index (χ4n) is 1.07. The summed E-state index contributed by atoms with van der Waals surface area (Å²) in [5, 5.41) is 1.79. The van der Waals surface area contributed by atoms with Crippen molar-refractivity contribution in [1.29, 1.82) is 0 Å². The maximum absolute atomic E-state index is 13.2. The molecule has 0 aliphatic heterocycles. The second-order valence-electron chi connectivity index (χ2n) is 3.34. The molecule has 1 aromatic rings. The summed E-state index contributed by atoms with van der Waals surface area (Å²) in [5.74, 6) is -1.99. The second-order valence-corrected chi connectivity index (χ2v) is 3.34. The lowest BCUT2D eigenvalue weighted by atomic mass is 10.3. The van der Waals surface area contributed by atoms with E-state index in [1.807, 2.05) is 0 Å². The van der Waals surface area contributed by atoms with Gasteiger partial charge in [-0.05, 0) is 12.1 Å². The van der Waals surface area contributed by atoms with Crippen molar-refractivity contribution in [2.45, 2.75) is 12.8 Å². The van der Waals surface area contributed by atoms with E-state index in [9.17, 15) is 31.1 Å². The summed E-state index contributed by atoms with van der Waals surface area (Å²) in [6.45, 7) is -5.05. The number of nitrogens with one attached hydrogen (secondary N) is 1. The Morgan fingerprint density at radius 3 is 2.45 bits per heavy atom. The number of ether oxygens (including phenoxy) is 2. The number of rotatable bonds is 4. The van der Waals surface area contributed by atoms with Crippen molar-refractivity contribution in [3.8, 4) is 5.75 Å². The van der Waals surface area contributed by atoms with Crippen LogP contribution in [0.25, 0.3) is 0 Å². The molecule has 1 rings (SSSR count). The molecule has 4 nitrogen and oxygen atoms in total. The van der Waals surface area contributed by atoms with Gasteiger partial charge in [-0.25, -0.2) is 9.18 Å². The number of anilines is 1. The molecule has 0 aliphatic rings.